The number of hydrogen-bond acceptors (Lipinski definition) is 6. The SMILES string of the molecule is COC[C@@H](c1ccccn1)N(C)Cc1cc(=O)n2ccsc2n1. The van der Waals surface area contributed by atoms with Crippen molar-refractivity contribution >= 4 is 16.3 Å². The Balaban J connectivity index is 1.85. The lowest BCUT2D eigenvalue weighted by atomic mass is 10.1. The second-order valence-corrected chi connectivity index (χ2v) is 6.16. The van der Waals surface area contributed by atoms with Gasteiger partial charge in [-0.05, 0) is 19.2 Å². The molecule has 0 spiro atoms. The molecule has 0 unspecified atom stereocenters. The largest absolute Gasteiger partial charge is 0.383 e. The van der Waals surface area contributed by atoms with Crippen molar-refractivity contribution in [2.45, 2.75) is 12.6 Å². The standard InChI is InChI=1S/C16H18N4O2S/c1-19(14(11-22-2)13-5-3-4-6-17-13)10-12-9-15(21)20-7-8-23-16(20)18-12/h3-9,14H,10-11H2,1-2H3/t14-/m0/s1. The van der Waals surface area contributed by atoms with Gasteiger partial charge in [-0.1, -0.05) is 6.07 Å². The van der Waals surface area contributed by atoms with Crippen molar-refractivity contribution in [2.75, 3.05) is 20.8 Å². The minimum absolute atomic E-state index is 0.00443. The van der Waals surface area contributed by atoms with Crippen molar-refractivity contribution in [2.24, 2.45) is 0 Å². The van der Waals surface area contributed by atoms with Crippen molar-refractivity contribution < 1.29 is 4.74 Å². The minimum Gasteiger partial charge on any atom is -0.383 e. The number of ether oxygens (including phenoxy) is 1. The van der Waals surface area contributed by atoms with Gasteiger partial charge in [-0.25, -0.2) is 4.98 Å². The van der Waals surface area contributed by atoms with E-state index in [4.69, 9.17) is 4.74 Å². The molecule has 7 heteroatoms. The lowest BCUT2D eigenvalue weighted by molar-refractivity contribution is 0.0993. The Labute approximate surface area is 138 Å². The first-order chi connectivity index (χ1) is 11.2. The van der Waals surface area contributed by atoms with Crippen molar-refractivity contribution in [1.29, 1.82) is 0 Å². The summed E-state index contributed by atoms with van der Waals surface area (Å²) in [5, 5.41) is 1.86. The summed E-state index contributed by atoms with van der Waals surface area (Å²) >= 11 is 1.45. The van der Waals surface area contributed by atoms with Crippen LogP contribution in [0.3, 0.4) is 0 Å². The maximum atomic E-state index is 12.1. The zero-order valence-electron chi connectivity index (χ0n) is 13.0. The summed E-state index contributed by atoms with van der Waals surface area (Å²) in [6.07, 6.45) is 3.51. The van der Waals surface area contributed by atoms with Crippen molar-refractivity contribution in [1.82, 2.24) is 19.3 Å². The monoisotopic (exact) mass is 330 g/mol. The number of methoxy groups -OCH3 is 1. The van der Waals surface area contributed by atoms with Gasteiger partial charge in [0.05, 0.1) is 24.0 Å². The number of fused-ring (bicyclic) bond motifs is 1. The lowest BCUT2D eigenvalue weighted by Gasteiger charge is -2.26. The van der Waals surface area contributed by atoms with Crippen LogP contribution in [-0.4, -0.2) is 40.0 Å². The maximum absolute atomic E-state index is 12.1. The number of nitrogens with zero attached hydrogens (tertiary/aromatic N) is 4. The normalized spacial score (nSPS) is 12.8. The van der Waals surface area contributed by atoms with Crippen LogP contribution in [0.25, 0.3) is 4.96 Å². The molecule has 0 aliphatic rings. The van der Waals surface area contributed by atoms with E-state index < -0.39 is 0 Å². The second kappa shape index (κ2) is 6.99. The average Bonchev–Trinajstić information content (AvgIpc) is 3.02. The van der Waals surface area contributed by atoms with Gasteiger partial charge in [0.2, 0.25) is 0 Å². The summed E-state index contributed by atoms with van der Waals surface area (Å²) < 4.78 is 6.89. The third-order valence-electron chi connectivity index (χ3n) is 3.65. The third-order valence-corrected chi connectivity index (χ3v) is 4.41. The summed E-state index contributed by atoms with van der Waals surface area (Å²) in [5.41, 5.74) is 1.63. The average molecular weight is 330 g/mol. The molecule has 6 nitrogen and oxygen atoms in total. The van der Waals surface area contributed by atoms with Crippen LogP contribution in [0.2, 0.25) is 0 Å². The van der Waals surface area contributed by atoms with Gasteiger partial charge < -0.3 is 4.74 Å². The van der Waals surface area contributed by atoms with Crippen LogP contribution in [0.1, 0.15) is 17.4 Å². The second-order valence-electron chi connectivity index (χ2n) is 5.28. The van der Waals surface area contributed by atoms with Crippen LogP contribution >= 0.6 is 11.3 Å². The van der Waals surface area contributed by atoms with Crippen LogP contribution in [-0.2, 0) is 11.3 Å². The predicted molar refractivity (Wildman–Crippen MR) is 89.7 cm³/mol. The zero-order chi connectivity index (χ0) is 16.2. The fourth-order valence-corrected chi connectivity index (χ4v) is 3.24. The Morgan fingerprint density at radius 3 is 3.04 bits per heavy atom. The molecule has 0 bridgehead atoms. The van der Waals surface area contributed by atoms with Gasteiger partial charge in [-0.3, -0.25) is 19.1 Å². The number of likely N-dealkylation sites (N-methyl/N-ethyl adjacent to an activating group) is 1. The van der Waals surface area contributed by atoms with E-state index in [1.54, 1.807) is 30.0 Å². The first-order valence-electron chi connectivity index (χ1n) is 7.25. The van der Waals surface area contributed by atoms with Gasteiger partial charge in [0.15, 0.2) is 4.96 Å². The predicted octanol–water partition coefficient (Wildman–Crippen LogP) is 1.97. The van der Waals surface area contributed by atoms with Gasteiger partial charge in [-0.15, -0.1) is 11.3 Å². The van der Waals surface area contributed by atoms with Gasteiger partial charge in [0, 0.05) is 37.5 Å². The van der Waals surface area contributed by atoms with Gasteiger partial charge in [-0.2, -0.15) is 0 Å². The Kier molecular flexibility index (Phi) is 4.80. The molecule has 23 heavy (non-hydrogen) atoms. The first-order valence-corrected chi connectivity index (χ1v) is 8.13. The number of pyridine rings is 1. The van der Waals surface area contributed by atoms with Crippen LogP contribution in [0.4, 0.5) is 0 Å². The van der Waals surface area contributed by atoms with Gasteiger partial charge in [0.25, 0.3) is 5.56 Å². The highest BCUT2D eigenvalue weighted by Gasteiger charge is 2.19. The molecule has 0 aliphatic heterocycles. The molecule has 3 aromatic heterocycles. The maximum Gasteiger partial charge on any atom is 0.258 e. The highest BCUT2D eigenvalue weighted by atomic mass is 32.1. The molecule has 0 saturated carbocycles. The Bertz CT molecular complexity index is 831. The Hall–Kier alpha value is -2.09. The molecule has 0 N–H and O–H groups in total. The molecule has 120 valence electrons. The topological polar surface area (TPSA) is 59.7 Å². The van der Waals surface area contributed by atoms with Crippen molar-refractivity contribution in [3.05, 3.63) is 63.8 Å². The van der Waals surface area contributed by atoms with Crippen LogP contribution in [0.5, 0.6) is 0 Å². The summed E-state index contributed by atoms with van der Waals surface area (Å²) in [5.74, 6) is 0. The Morgan fingerprint density at radius 2 is 2.30 bits per heavy atom. The summed E-state index contributed by atoms with van der Waals surface area (Å²) in [6, 6.07) is 7.41. The van der Waals surface area contributed by atoms with E-state index in [0.29, 0.717) is 18.1 Å². The van der Waals surface area contributed by atoms with Crippen LogP contribution < -0.4 is 5.56 Å². The quantitative estimate of drug-likeness (QED) is 0.691. The fraction of sp³-hybridized carbons (Fsp3) is 0.312. The summed E-state index contributed by atoms with van der Waals surface area (Å²) in [7, 11) is 3.66. The first kappa shape index (κ1) is 15.8. The van der Waals surface area contributed by atoms with E-state index in [2.05, 4.69) is 14.9 Å². The minimum atomic E-state index is -0.0548. The summed E-state index contributed by atoms with van der Waals surface area (Å²) in [6.45, 7) is 1.07. The van der Waals surface area contributed by atoms with Crippen molar-refractivity contribution in [3.8, 4) is 0 Å². The molecule has 3 aromatic rings. The molecule has 3 heterocycles. The molecule has 1 atom stereocenters. The van der Waals surface area contributed by atoms with Crippen LogP contribution in [0, 0.1) is 0 Å². The molecule has 3 rings (SSSR count). The lowest BCUT2D eigenvalue weighted by Crippen LogP contribution is -2.29. The molecular formula is C16H18N4O2S. The Morgan fingerprint density at radius 1 is 1.43 bits per heavy atom. The highest BCUT2D eigenvalue weighted by molar-refractivity contribution is 7.15. The number of hydrogen-bond donors (Lipinski definition) is 0. The molecular weight excluding hydrogens is 312 g/mol. The number of rotatable bonds is 6. The van der Waals surface area contributed by atoms with E-state index in [1.807, 2.05) is 30.6 Å². The van der Waals surface area contributed by atoms with E-state index in [0.717, 1.165) is 11.4 Å². The molecule has 0 aromatic carbocycles. The summed E-state index contributed by atoms with van der Waals surface area (Å²) in [4.78, 5) is 23.9. The smallest absolute Gasteiger partial charge is 0.258 e. The number of thiazole rings is 1. The van der Waals surface area contributed by atoms with E-state index in [9.17, 15) is 4.79 Å². The third kappa shape index (κ3) is 3.47. The fourth-order valence-electron chi connectivity index (χ4n) is 2.50. The molecule has 0 radical (unpaired) electrons. The molecule has 0 aliphatic carbocycles. The molecule has 0 saturated heterocycles. The molecule has 0 amide bonds. The molecule has 0 fully saturated rings. The van der Waals surface area contributed by atoms with Crippen LogP contribution in [0.15, 0.2) is 46.8 Å². The number of aromatic nitrogens is 3. The zero-order valence-corrected chi connectivity index (χ0v) is 13.9. The van der Waals surface area contributed by atoms with Gasteiger partial charge >= 0.3 is 0 Å². The van der Waals surface area contributed by atoms with E-state index in [1.165, 1.54) is 11.3 Å². The van der Waals surface area contributed by atoms with Crippen molar-refractivity contribution in [3.63, 3.8) is 0 Å². The van der Waals surface area contributed by atoms with Gasteiger partial charge in [0.1, 0.15) is 0 Å². The van der Waals surface area contributed by atoms with E-state index in [-0.39, 0.29) is 11.6 Å². The highest BCUT2D eigenvalue weighted by Crippen LogP contribution is 2.19. The van der Waals surface area contributed by atoms with E-state index >= 15 is 0 Å².